The van der Waals surface area contributed by atoms with E-state index >= 15 is 0 Å². The van der Waals surface area contributed by atoms with Crippen molar-refractivity contribution in [2.45, 2.75) is 0 Å². The maximum absolute atomic E-state index is 9.05. The minimum absolute atomic E-state index is 0.163. The van der Waals surface area contributed by atoms with Gasteiger partial charge in [0.15, 0.2) is 0 Å². The quantitative estimate of drug-likeness (QED) is 0.187. The van der Waals surface area contributed by atoms with E-state index in [-0.39, 0.29) is 29.7 Å². The van der Waals surface area contributed by atoms with Gasteiger partial charge in [0.05, 0.1) is 37.9 Å². The third kappa shape index (κ3) is 4.19. The molecule has 4 heterocycles. The van der Waals surface area contributed by atoms with Crippen LogP contribution in [0.25, 0.3) is 97.9 Å². The Hall–Kier alpha value is -6.56. The van der Waals surface area contributed by atoms with Crippen molar-refractivity contribution in [2.24, 2.45) is 0 Å². The van der Waals surface area contributed by atoms with E-state index in [0.717, 1.165) is 64.6 Å². The lowest BCUT2D eigenvalue weighted by Gasteiger charge is -2.12. The number of rotatable bonds is 4. The van der Waals surface area contributed by atoms with Crippen molar-refractivity contribution in [3.63, 3.8) is 0 Å². The third-order valence-electron chi connectivity index (χ3n) is 9.90. The summed E-state index contributed by atoms with van der Waals surface area (Å²) < 4.78 is 40.8. The van der Waals surface area contributed by atoms with Crippen molar-refractivity contribution in [2.75, 3.05) is 0 Å². The van der Waals surface area contributed by atoms with E-state index in [9.17, 15) is 0 Å². The summed E-state index contributed by atoms with van der Waals surface area (Å²) in [5.41, 5.74) is 7.56. The number of nitrogens with zero attached hydrogens (tertiary/aromatic N) is 4. The molecule has 0 amide bonds. The number of aromatic nitrogens is 4. The first-order valence-electron chi connectivity index (χ1n) is 18.9. The van der Waals surface area contributed by atoms with Gasteiger partial charge in [-0.15, -0.1) is 11.3 Å². The molecule has 0 aliphatic rings. The van der Waals surface area contributed by atoms with Crippen LogP contribution < -0.4 is 0 Å². The average Bonchev–Trinajstić information content (AvgIpc) is 3.89. The fourth-order valence-electron chi connectivity index (χ4n) is 7.64. The largest absolute Gasteiger partial charge is 0.301 e. The average molecular weight is 673 g/mol. The Kier molecular flexibility index (Phi) is 5.28. The van der Waals surface area contributed by atoms with Crippen LogP contribution in [0.4, 0.5) is 0 Å². The molecule has 238 valence electrons. The molecule has 0 atom stereocenters. The highest BCUT2D eigenvalue weighted by Crippen LogP contribution is 2.47. The molecule has 0 aliphatic heterocycles. The van der Waals surface area contributed by atoms with E-state index in [0.29, 0.717) is 17.0 Å². The van der Waals surface area contributed by atoms with Crippen LogP contribution in [0.5, 0.6) is 0 Å². The summed E-state index contributed by atoms with van der Waals surface area (Å²) in [7, 11) is 0. The Morgan fingerprint density at radius 3 is 1.92 bits per heavy atom. The van der Waals surface area contributed by atoms with Crippen LogP contribution in [0.2, 0.25) is 0 Å². The molecule has 4 aromatic heterocycles. The molecule has 7 aromatic carbocycles. The molecule has 11 rings (SSSR count). The predicted octanol–water partition coefficient (Wildman–Crippen LogP) is 12.4. The monoisotopic (exact) mass is 672 g/mol. The molecule has 51 heavy (non-hydrogen) atoms. The summed E-state index contributed by atoms with van der Waals surface area (Å²) in [5, 5.41) is 5.87. The second-order valence-electron chi connectivity index (χ2n) is 12.7. The zero-order valence-electron chi connectivity index (χ0n) is 31.1. The van der Waals surface area contributed by atoms with Crippen molar-refractivity contribution >= 4 is 75.3 Å². The van der Waals surface area contributed by atoms with Gasteiger partial charge in [-0.25, -0.2) is 9.97 Å². The summed E-state index contributed by atoms with van der Waals surface area (Å²) in [6.07, 6.45) is 0. The van der Waals surface area contributed by atoms with Crippen molar-refractivity contribution in [1.82, 2.24) is 19.1 Å². The highest BCUT2D eigenvalue weighted by Gasteiger charge is 2.23. The Morgan fingerprint density at radius 2 is 1.12 bits per heavy atom. The number of hydrogen-bond donors (Lipinski definition) is 0. The van der Waals surface area contributed by atoms with Gasteiger partial charge in [-0.05, 0) is 41.4 Å². The van der Waals surface area contributed by atoms with Crippen molar-refractivity contribution in [3.8, 4) is 34.0 Å². The molecule has 0 fully saturated rings. The zero-order chi connectivity index (χ0) is 36.9. The summed E-state index contributed by atoms with van der Waals surface area (Å²) in [4.78, 5) is 11.4. The van der Waals surface area contributed by atoms with Crippen LogP contribution in [0.15, 0.2) is 170 Å². The molecule has 0 saturated carbocycles. The first kappa shape index (κ1) is 24.6. The van der Waals surface area contributed by atoms with Crippen molar-refractivity contribution in [3.05, 3.63) is 170 Å². The van der Waals surface area contributed by atoms with Crippen LogP contribution >= 0.6 is 11.3 Å². The minimum Gasteiger partial charge on any atom is -0.301 e. The van der Waals surface area contributed by atoms with Gasteiger partial charge >= 0.3 is 0 Å². The van der Waals surface area contributed by atoms with E-state index in [1.54, 1.807) is 11.3 Å². The molecule has 0 bridgehead atoms. The highest BCUT2D eigenvalue weighted by molar-refractivity contribution is 7.26. The van der Waals surface area contributed by atoms with Crippen LogP contribution in [-0.2, 0) is 0 Å². The summed E-state index contributed by atoms with van der Waals surface area (Å²) in [6.45, 7) is 0. The predicted molar refractivity (Wildman–Crippen MR) is 214 cm³/mol. The zero-order valence-corrected chi connectivity index (χ0v) is 27.9. The first-order chi connectivity index (χ1) is 27.0. The number of benzene rings is 7. The highest BCUT2D eigenvalue weighted by atomic mass is 32.1. The van der Waals surface area contributed by atoms with E-state index in [1.807, 2.05) is 60.7 Å². The van der Waals surface area contributed by atoms with Crippen LogP contribution in [0.3, 0.4) is 0 Å². The lowest BCUT2D eigenvalue weighted by atomic mass is 10.0. The third-order valence-corrected chi connectivity index (χ3v) is 11.1. The SMILES string of the molecule is [2H]c1c([2H])c([2H])c2c(-c3ccc(-c4ccccc4)cc3)nc(-n3c4ccccc4c4ccc5c(sc6c5c5ccccc5n6-c5ccccc5)c43)nc2c1[2H]. The van der Waals surface area contributed by atoms with Crippen molar-refractivity contribution < 1.29 is 5.48 Å². The maximum atomic E-state index is 9.05. The maximum Gasteiger partial charge on any atom is 0.235 e. The standard InChI is InChI=1S/C46H28N4S/c1-3-13-29(14-4-1)30-23-25-31(26-24-30)42-35-18-7-10-20-38(35)47-46(48-42)50-39-21-11-8-17-33(39)34-27-28-37-41-36-19-9-12-22-40(36)49(32-15-5-2-6-16-32)45(41)51-44(37)43(34)50/h1-28H/i7D,10D,18D,20D. The molecular weight excluding hydrogens is 641 g/mol. The Morgan fingerprint density at radius 1 is 0.490 bits per heavy atom. The van der Waals surface area contributed by atoms with Gasteiger partial charge in [0.2, 0.25) is 5.95 Å². The number of hydrogen-bond acceptors (Lipinski definition) is 3. The molecule has 5 heteroatoms. The Bertz CT molecular complexity index is 3350. The molecule has 0 spiro atoms. The fourth-order valence-corrected chi connectivity index (χ4v) is 9.03. The van der Waals surface area contributed by atoms with E-state index in [4.69, 9.17) is 15.5 Å². The van der Waals surface area contributed by atoms with Crippen molar-refractivity contribution in [1.29, 1.82) is 0 Å². The van der Waals surface area contributed by atoms with E-state index in [2.05, 4.69) is 94.1 Å². The molecular formula is C46H28N4S. The second kappa shape index (κ2) is 11.0. The van der Waals surface area contributed by atoms with Gasteiger partial charge in [0, 0.05) is 43.6 Å². The smallest absolute Gasteiger partial charge is 0.235 e. The summed E-state index contributed by atoms with van der Waals surface area (Å²) >= 11 is 1.74. The number of thiophene rings is 1. The molecule has 0 saturated heterocycles. The molecule has 0 unspecified atom stereocenters. The molecule has 0 aliphatic carbocycles. The summed E-state index contributed by atoms with van der Waals surface area (Å²) in [6, 6.07) is 48.8. The van der Waals surface area contributed by atoms with Crippen LogP contribution in [0, 0.1) is 0 Å². The lowest BCUT2D eigenvalue weighted by molar-refractivity contribution is 1.02. The van der Waals surface area contributed by atoms with Crippen LogP contribution in [-0.4, -0.2) is 19.1 Å². The van der Waals surface area contributed by atoms with Gasteiger partial charge in [-0.3, -0.25) is 4.57 Å². The normalized spacial score (nSPS) is 13.0. The fraction of sp³-hybridized carbons (Fsp3) is 0. The van der Waals surface area contributed by atoms with Gasteiger partial charge in [0.25, 0.3) is 0 Å². The van der Waals surface area contributed by atoms with Gasteiger partial charge in [0.1, 0.15) is 4.83 Å². The molecule has 0 N–H and O–H groups in total. The van der Waals surface area contributed by atoms with E-state index in [1.165, 1.54) is 10.8 Å². The lowest BCUT2D eigenvalue weighted by Crippen LogP contribution is -2.03. The van der Waals surface area contributed by atoms with Gasteiger partial charge in [-0.2, -0.15) is 0 Å². The number of para-hydroxylation sites is 4. The molecule has 4 nitrogen and oxygen atoms in total. The first-order valence-corrected chi connectivity index (χ1v) is 17.7. The molecule has 0 radical (unpaired) electrons. The minimum atomic E-state index is -0.327. The van der Waals surface area contributed by atoms with Gasteiger partial charge in [-0.1, -0.05) is 139 Å². The van der Waals surface area contributed by atoms with Crippen LogP contribution in [0.1, 0.15) is 5.48 Å². The Labute approximate surface area is 302 Å². The Balaban J connectivity index is 1.26. The second-order valence-corrected chi connectivity index (χ2v) is 13.7. The van der Waals surface area contributed by atoms with E-state index < -0.39 is 0 Å². The van der Waals surface area contributed by atoms with Gasteiger partial charge < -0.3 is 4.57 Å². The number of fused-ring (bicyclic) bond motifs is 10. The topological polar surface area (TPSA) is 35.6 Å². The summed E-state index contributed by atoms with van der Waals surface area (Å²) in [5.74, 6) is 0.340. The molecule has 11 aromatic rings.